The number of anilines is 1. The van der Waals surface area contributed by atoms with E-state index in [9.17, 15) is 0 Å². The number of nitrogens with two attached hydrogens (primary N) is 1. The van der Waals surface area contributed by atoms with Crippen LogP contribution in [0.2, 0.25) is 0 Å². The predicted molar refractivity (Wildman–Crippen MR) is 64.6 cm³/mol. The minimum Gasteiger partial charge on any atom is -0.495 e. The third-order valence-corrected chi connectivity index (χ3v) is 2.43. The Hall–Kier alpha value is -1.22. The lowest BCUT2D eigenvalue weighted by Gasteiger charge is -2.15. The number of ether oxygens (including phenoxy) is 1. The molecule has 0 aliphatic carbocycles. The van der Waals surface area contributed by atoms with Crippen molar-refractivity contribution in [2.75, 3.05) is 19.0 Å². The molecular formula is C12H20N2O. The summed E-state index contributed by atoms with van der Waals surface area (Å²) in [6, 6.07) is 4.27. The topological polar surface area (TPSA) is 47.3 Å². The first kappa shape index (κ1) is 11.9. The van der Waals surface area contributed by atoms with Gasteiger partial charge in [-0.2, -0.15) is 0 Å². The molecular weight excluding hydrogens is 188 g/mol. The molecule has 3 N–H and O–H groups in total. The molecule has 1 aromatic rings. The minimum atomic E-state index is 0.135. The average Bonchev–Trinajstić information content (AvgIpc) is 2.19. The van der Waals surface area contributed by atoms with Gasteiger partial charge in [0.25, 0.3) is 0 Å². The van der Waals surface area contributed by atoms with Gasteiger partial charge in [0.2, 0.25) is 0 Å². The molecule has 1 unspecified atom stereocenters. The van der Waals surface area contributed by atoms with Crippen LogP contribution in [0.25, 0.3) is 0 Å². The molecule has 0 spiro atoms. The van der Waals surface area contributed by atoms with Gasteiger partial charge in [-0.25, -0.2) is 0 Å². The van der Waals surface area contributed by atoms with Crippen molar-refractivity contribution in [3.05, 3.63) is 23.3 Å². The molecule has 0 aromatic heterocycles. The van der Waals surface area contributed by atoms with Gasteiger partial charge >= 0.3 is 0 Å². The van der Waals surface area contributed by atoms with Crippen LogP contribution in [0, 0.1) is 13.8 Å². The van der Waals surface area contributed by atoms with Crippen molar-refractivity contribution >= 4 is 5.69 Å². The molecule has 0 bridgehead atoms. The van der Waals surface area contributed by atoms with Gasteiger partial charge in [-0.3, -0.25) is 0 Å². The number of benzene rings is 1. The van der Waals surface area contributed by atoms with Crippen LogP contribution in [0.15, 0.2) is 12.1 Å². The minimum absolute atomic E-state index is 0.135. The number of hydrogen-bond acceptors (Lipinski definition) is 3. The smallest absolute Gasteiger partial charge is 0.142 e. The van der Waals surface area contributed by atoms with Crippen molar-refractivity contribution in [1.29, 1.82) is 0 Å². The van der Waals surface area contributed by atoms with Crippen LogP contribution in [0.3, 0.4) is 0 Å². The van der Waals surface area contributed by atoms with Gasteiger partial charge < -0.3 is 15.8 Å². The Morgan fingerprint density at radius 2 is 1.93 bits per heavy atom. The zero-order valence-electron chi connectivity index (χ0n) is 9.92. The van der Waals surface area contributed by atoms with Crippen LogP contribution in [0.4, 0.5) is 5.69 Å². The summed E-state index contributed by atoms with van der Waals surface area (Å²) in [5.74, 6) is 0.874. The molecule has 15 heavy (non-hydrogen) atoms. The van der Waals surface area contributed by atoms with Gasteiger partial charge in [0.05, 0.1) is 12.8 Å². The van der Waals surface area contributed by atoms with Crippen LogP contribution in [-0.2, 0) is 0 Å². The molecule has 1 rings (SSSR count). The maximum atomic E-state index is 5.70. The second-order valence-electron chi connectivity index (χ2n) is 3.99. The lowest BCUT2D eigenvalue weighted by atomic mass is 10.1. The highest BCUT2D eigenvalue weighted by molar-refractivity contribution is 5.60. The van der Waals surface area contributed by atoms with E-state index < -0.39 is 0 Å². The first-order chi connectivity index (χ1) is 7.04. The van der Waals surface area contributed by atoms with Crippen LogP contribution >= 0.6 is 0 Å². The summed E-state index contributed by atoms with van der Waals surface area (Å²) in [4.78, 5) is 0. The van der Waals surface area contributed by atoms with Gasteiger partial charge in [0.15, 0.2) is 0 Å². The van der Waals surface area contributed by atoms with Crippen molar-refractivity contribution < 1.29 is 4.74 Å². The van der Waals surface area contributed by atoms with E-state index in [0.717, 1.165) is 18.0 Å². The largest absolute Gasteiger partial charge is 0.495 e. The highest BCUT2D eigenvalue weighted by Crippen LogP contribution is 2.27. The zero-order valence-corrected chi connectivity index (χ0v) is 9.92. The third-order valence-electron chi connectivity index (χ3n) is 2.43. The monoisotopic (exact) mass is 208 g/mol. The van der Waals surface area contributed by atoms with Crippen LogP contribution < -0.4 is 15.8 Å². The average molecular weight is 208 g/mol. The SMILES string of the molecule is COc1cc(C)c(C)cc1NCC(C)N. The molecule has 3 nitrogen and oxygen atoms in total. The fraction of sp³-hybridized carbons (Fsp3) is 0.500. The molecule has 1 aromatic carbocycles. The Kier molecular flexibility index (Phi) is 3.97. The second-order valence-corrected chi connectivity index (χ2v) is 3.99. The second kappa shape index (κ2) is 5.03. The van der Waals surface area contributed by atoms with Crippen molar-refractivity contribution in [2.24, 2.45) is 5.73 Å². The van der Waals surface area contributed by atoms with Crippen molar-refractivity contribution in [3.63, 3.8) is 0 Å². The Morgan fingerprint density at radius 3 is 2.47 bits per heavy atom. The molecule has 0 aliphatic rings. The molecule has 0 saturated heterocycles. The quantitative estimate of drug-likeness (QED) is 0.796. The Bertz CT molecular complexity index is 335. The van der Waals surface area contributed by atoms with E-state index in [1.807, 2.05) is 13.0 Å². The van der Waals surface area contributed by atoms with E-state index in [1.54, 1.807) is 7.11 Å². The predicted octanol–water partition coefficient (Wildman–Crippen LogP) is 2.07. The molecule has 84 valence electrons. The standard InChI is InChI=1S/C12H20N2O/c1-8-5-11(14-7-10(3)13)12(15-4)6-9(8)2/h5-6,10,14H,7,13H2,1-4H3. The molecule has 0 amide bonds. The summed E-state index contributed by atoms with van der Waals surface area (Å²) in [6.07, 6.45) is 0. The van der Waals surface area contributed by atoms with E-state index in [4.69, 9.17) is 10.5 Å². The summed E-state index contributed by atoms with van der Waals surface area (Å²) in [6.45, 7) is 6.89. The first-order valence-electron chi connectivity index (χ1n) is 5.19. The molecule has 0 fully saturated rings. The van der Waals surface area contributed by atoms with E-state index in [0.29, 0.717) is 0 Å². The maximum absolute atomic E-state index is 5.70. The summed E-state index contributed by atoms with van der Waals surface area (Å²) in [7, 11) is 1.68. The number of nitrogens with one attached hydrogen (secondary N) is 1. The van der Waals surface area contributed by atoms with Gasteiger partial charge in [0, 0.05) is 12.6 Å². The molecule has 0 saturated carbocycles. The van der Waals surface area contributed by atoms with Crippen LogP contribution in [0.1, 0.15) is 18.1 Å². The lowest BCUT2D eigenvalue weighted by Crippen LogP contribution is -2.25. The number of methoxy groups -OCH3 is 1. The zero-order chi connectivity index (χ0) is 11.4. The maximum Gasteiger partial charge on any atom is 0.142 e. The van der Waals surface area contributed by atoms with Crippen molar-refractivity contribution in [2.45, 2.75) is 26.8 Å². The van der Waals surface area contributed by atoms with E-state index in [2.05, 4.69) is 25.2 Å². The lowest BCUT2D eigenvalue weighted by molar-refractivity contribution is 0.416. The van der Waals surface area contributed by atoms with Crippen LogP contribution in [-0.4, -0.2) is 19.7 Å². The van der Waals surface area contributed by atoms with E-state index in [-0.39, 0.29) is 6.04 Å². The fourth-order valence-corrected chi connectivity index (χ4v) is 1.37. The summed E-state index contributed by atoms with van der Waals surface area (Å²) in [5.41, 5.74) is 9.20. The van der Waals surface area contributed by atoms with Crippen LogP contribution in [0.5, 0.6) is 5.75 Å². The molecule has 0 radical (unpaired) electrons. The van der Waals surface area contributed by atoms with Gasteiger partial charge in [0.1, 0.15) is 5.75 Å². The van der Waals surface area contributed by atoms with E-state index in [1.165, 1.54) is 11.1 Å². The van der Waals surface area contributed by atoms with Crippen molar-refractivity contribution in [1.82, 2.24) is 0 Å². The summed E-state index contributed by atoms with van der Waals surface area (Å²) in [5, 5.41) is 3.28. The third kappa shape index (κ3) is 3.13. The Labute approximate surface area is 91.6 Å². The number of hydrogen-bond donors (Lipinski definition) is 2. The molecule has 0 aliphatic heterocycles. The molecule has 0 heterocycles. The highest BCUT2D eigenvalue weighted by atomic mass is 16.5. The number of rotatable bonds is 4. The highest BCUT2D eigenvalue weighted by Gasteiger charge is 2.05. The number of aryl methyl sites for hydroxylation is 2. The van der Waals surface area contributed by atoms with E-state index >= 15 is 0 Å². The summed E-state index contributed by atoms with van der Waals surface area (Å²) < 4.78 is 5.31. The molecule has 1 atom stereocenters. The summed E-state index contributed by atoms with van der Waals surface area (Å²) >= 11 is 0. The normalized spacial score (nSPS) is 12.3. The van der Waals surface area contributed by atoms with Gasteiger partial charge in [-0.05, 0) is 44.0 Å². The fourth-order valence-electron chi connectivity index (χ4n) is 1.37. The molecule has 3 heteroatoms. The Balaban J connectivity index is 2.89. The first-order valence-corrected chi connectivity index (χ1v) is 5.19. The Morgan fingerprint density at radius 1 is 1.33 bits per heavy atom. The van der Waals surface area contributed by atoms with Crippen molar-refractivity contribution in [3.8, 4) is 5.75 Å². The van der Waals surface area contributed by atoms with Gasteiger partial charge in [-0.15, -0.1) is 0 Å². The van der Waals surface area contributed by atoms with Gasteiger partial charge in [-0.1, -0.05) is 0 Å².